The highest BCUT2D eigenvalue weighted by Gasteiger charge is 2.22. The Kier molecular flexibility index (Phi) is 4.00. The van der Waals surface area contributed by atoms with Gasteiger partial charge in [-0.15, -0.1) is 0 Å². The molecule has 94 valence electrons. The molecule has 2 rings (SSSR count). The molecule has 1 aromatic carbocycles. The quantitative estimate of drug-likeness (QED) is 0.869. The van der Waals surface area contributed by atoms with Crippen molar-refractivity contribution in [3.63, 3.8) is 0 Å². The molecule has 2 nitrogen and oxygen atoms in total. The van der Waals surface area contributed by atoms with E-state index in [1.54, 1.807) is 0 Å². The van der Waals surface area contributed by atoms with Crippen LogP contribution in [0, 0.1) is 11.7 Å². The lowest BCUT2D eigenvalue weighted by atomic mass is 10.0. The van der Waals surface area contributed by atoms with Crippen molar-refractivity contribution in [1.82, 2.24) is 4.90 Å². The number of likely N-dealkylation sites (tertiary alicyclic amines) is 1. The SMILES string of the molecule is CCCC1CCN(Cc2cc(F)ccc2O)C1. The minimum atomic E-state index is -0.276. The van der Waals surface area contributed by atoms with E-state index in [1.807, 2.05) is 0 Å². The Balaban J connectivity index is 1.95. The molecule has 1 aromatic rings. The average Bonchev–Trinajstić information content (AvgIpc) is 2.72. The monoisotopic (exact) mass is 237 g/mol. The van der Waals surface area contributed by atoms with Crippen LogP contribution in [0.15, 0.2) is 18.2 Å². The van der Waals surface area contributed by atoms with Gasteiger partial charge in [0.2, 0.25) is 0 Å². The third-order valence-corrected chi connectivity index (χ3v) is 3.50. The third-order valence-electron chi connectivity index (χ3n) is 3.50. The number of phenols is 1. The summed E-state index contributed by atoms with van der Waals surface area (Å²) in [6.07, 6.45) is 3.72. The number of benzene rings is 1. The maximum absolute atomic E-state index is 13.1. The Morgan fingerprint density at radius 2 is 2.29 bits per heavy atom. The van der Waals surface area contributed by atoms with Crippen molar-refractivity contribution in [2.45, 2.75) is 32.7 Å². The summed E-state index contributed by atoms with van der Waals surface area (Å²) in [6, 6.07) is 4.16. The first kappa shape index (κ1) is 12.4. The topological polar surface area (TPSA) is 23.5 Å². The highest BCUT2D eigenvalue weighted by atomic mass is 19.1. The predicted molar refractivity (Wildman–Crippen MR) is 66.4 cm³/mol. The minimum Gasteiger partial charge on any atom is -0.508 e. The third kappa shape index (κ3) is 3.19. The van der Waals surface area contributed by atoms with Crippen LogP contribution in [0.2, 0.25) is 0 Å². The molecule has 1 saturated heterocycles. The Morgan fingerprint density at radius 1 is 1.47 bits per heavy atom. The van der Waals surface area contributed by atoms with Crippen molar-refractivity contribution in [3.05, 3.63) is 29.6 Å². The maximum atomic E-state index is 13.1. The Labute approximate surface area is 102 Å². The van der Waals surface area contributed by atoms with Crippen LogP contribution in [0.5, 0.6) is 5.75 Å². The fourth-order valence-electron chi connectivity index (χ4n) is 2.62. The van der Waals surface area contributed by atoms with Crippen molar-refractivity contribution in [3.8, 4) is 5.75 Å². The van der Waals surface area contributed by atoms with Crippen molar-refractivity contribution < 1.29 is 9.50 Å². The zero-order valence-electron chi connectivity index (χ0n) is 10.3. The fourth-order valence-corrected chi connectivity index (χ4v) is 2.62. The van der Waals surface area contributed by atoms with Crippen LogP contribution in [0.4, 0.5) is 4.39 Å². The fraction of sp³-hybridized carbons (Fsp3) is 0.571. The van der Waals surface area contributed by atoms with E-state index in [0.717, 1.165) is 19.0 Å². The van der Waals surface area contributed by atoms with E-state index in [1.165, 1.54) is 37.5 Å². The first-order valence-corrected chi connectivity index (χ1v) is 6.38. The van der Waals surface area contributed by atoms with Crippen LogP contribution in [0.25, 0.3) is 0 Å². The summed E-state index contributed by atoms with van der Waals surface area (Å²) in [5, 5.41) is 9.67. The smallest absolute Gasteiger partial charge is 0.123 e. The lowest BCUT2D eigenvalue weighted by Crippen LogP contribution is -2.20. The number of hydrogen-bond donors (Lipinski definition) is 1. The number of halogens is 1. The van der Waals surface area contributed by atoms with Crippen LogP contribution < -0.4 is 0 Å². The molecule has 1 aliphatic heterocycles. The van der Waals surface area contributed by atoms with Gasteiger partial charge in [-0.2, -0.15) is 0 Å². The highest BCUT2D eigenvalue weighted by molar-refractivity contribution is 5.32. The van der Waals surface area contributed by atoms with E-state index in [-0.39, 0.29) is 11.6 Å². The van der Waals surface area contributed by atoms with E-state index >= 15 is 0 Å². The zero-order chi connectivity index (χ0) is 12.3. The molecule has 1 heterocycles. The van der Waals surface area contributed by atoms with Crippen molar-refractivity contribution in [2.75, 3.05) is 13.1 Å². The molecule has 0 radical (unpaired) electrons. The molecule has 0 aromatic heterocycles. The van der Waals surface area contributed by atoms with Crippen LogP contribution in [-0.2, 0) is 6.54 Å². The van der Waals surface area contributed by atoms with Crippen LogP contribution >= 0.6 is 0 Å². The van der Waals surface area contributed by atoms with Gasteiger partial charge in [-0.1, -0.05) is 13.3 Å². The molecule has 0 spiro atoms. The standard InChI is InChI=1S/C14H20FNO/c1-2-3-11-6-7-16(9-11)10-12-8-13(15)4-5-14(12)17/h4-5,8,11,17H,2-3,6-7,9-10H2,1H3. The largest absolute Gasteiger partial charge is 0.508 e. The molecule has 0 amide bonds. The van der Waals surface area contributed by atoms with E-state index < -0.39 is 0 Å². The van der Waals surface area contributed by atoms with Crippen LogP contribution in [0.3, 0.4) is 0 Å². The Bertz CT molecular complexity index is 380. The van der Waals surface area contributed by atoms with Gasteiger partial charge >= 0.3 is 0 Å². The second-order valence-electron chi connectivity index (χ2n) is 4.95. The molecule has 3 heteroatoms. The van der Waals surface area contributed by atoms with E-state index in [0.29, 0.717) is 12.1 Å². The normalized spacial score (nSPS) is 20.9. The van der Waals surface area contributed by atoms with Gasteiger partial charge in [-0.05, 0) is 43.5 Å². The minimum absolute atomic E-state index is 0.199. The molecule has 0 saturated carbocycles. The second-order valence-corrected chi connectivity index (χ2v) is 4.95. The van der Waals surface area contributed by atoms with Gasteiger partial charge in [0.05, 0.1) is 0 Å². The van der Waals surface area contributed by atoms with Crippen LogP contribution in [0.1, 0.15) is 31.7 Å². The molecule has 1 fully saturated rings. The first-order chi connectivity index (χ1) is 8.19. The van der Waals surface area contributed by atoms with Gasteiger partial charge in [0.25, 0.3) is 0 Å². The number of rotatable bonds is 4. The van der Waals surface area contributed by atoms with E-state index in [2.05, 4.69) is 11.8 Å². The van der Waals surface area contributed by atoms with Gasteiger partial charge in [0, 0.05) is 18.7 Å². The van der Waals surface area contributed by atoms with Crippen molar-refractivity contribution in [1.29, 1.82) is 0 Å². The summed E-state index contributed by atoms with van der Waals surface area (Å²) < 4.78 is 13.1. The summed E-state index contributed by atoms with van der Waals surface area (Å²) >= 11 is 0. The lowest BCUT2D eigenvalue weighted by molar-refractivity contribution is 0.306. The summed E-state index contributed by atoms with van der Waals surface area (Å²) in [7, 11) is 0. The average molecular weight is 237 g/mol. The van der Waals surface area contributed by atoms with E-state index in [9.17, 15) is 9.50 Å². The molecule has 17 heavy (non-hydrogen) atoms. The summed E-state index contributed by atoms with van der Waals surface area (Å²) in [5.74, 6) is 0.697. The number of aromatic hydroxyl groups is 1. The Morgan fingerprint density at radius 3 is 3.06 bits per heavy atom. The molecule has 1 N–H and O–H groups in total. The summed E-state index contributed by atoms with van der Waals surface area (Å²) in [5.41, 5.74) is 0.696. The zero-order valence-corrected chi connectivity index (χ0v) is 10.3. The molecule has 1 unspecified atom stereocenters. The van der Waals surface area contributed by atoms with Gasteiger partial charge in [-0.3, -0.25) is 4.90 Å². The molecule has 1 aliphatic rings. The molecule has 1 atom stereocenters. The predicted octanol–water partition coefficient (Wildman–Crippen LogP) is 3.15. The molecule has 0 aliphatic carbocycles. The number of nitrogens with zero attached hydrogens (tertiary/aromatic N) is 1. The van der Waals surface area contributed by atoms with Gasteiger partial charge in [0.1, 0.15) is 11.6 Å². The molecular formula is C14H20FNO. The maximum Gasteiger partial charge on any atom is 0.123 e. The van der Waals surface area contributed by atoms with E-state index in [4.69, 9.17) is 0 Å². The lowest BCUT2D eigenvalue weighted by Gasteiger charge is -2.16. The Hall–Kier alpha value is -1.09. The van der Waals surface area contributed by atoms with Gasteiger partial charge in [0.15, 0.2) is 0 Å². The van der Waals surface area contributed by atoms with Crippen molar-refractivity contribution >= 4 is 0 Å². The van der Waals surface area contributed by atoms with Crippen LogP contribution in [-0.4, -0.2) is 23.1 Å². The summed E-state index contributed by atoms with van der Waals surface area (Å²) in [4.78, 5) is 2.30. The number of hydrogen-bond acceptors (Lipinski definition) is 2. The van der Waals surface area contributed by atoms with Gasteiger partial charge in [-0.25, -0.2) is 4.39 Å². The molecular weight excluding hydrogens is 217 g/mol. The second kappa shape index (κ2) is 5.50. The summed E-state index contributed by atoms with van der Waals surface area (Å²) in [6.45, 7) is 5.00. The van der Waals surface area contributed by atoms with Gasteiger partial charge < -0.3 is 5.11 Å². The molecule has 0 bridgehead atoms. The number of phenolic OH excluding ortho intramolecular Hbond substituents is 1. The first-order valence-electron chi connectivity index (χ1n) is 6.38. The highest BCUT2D eigenvalue weighted by Crippen LogP contribution is 2.25. The van der Waals surface area contributed by atoms with Crippen molar-refractivity contribution in [2.24, 2.45) is 5.92 Å².